The first-order valence-electron chi connectivity index (χ1n) is 9.84. The molecule has 2 amide bonds. The molecule has 2 aromatic carbocycles. The first kappa shape index (κ1) is 17.7. The molecule has 1 unspecified atom stereocenters. The van der Waals surface area contributed by atoms with Crippen molar-refractivity contribution in [2.24, 2.45) is 0 Å². The van der Waals surface area contributed by atoms with Crippen LogP contribution in [0.3, 0.4) is 0 Å². The number of amides is 2. The predicted octanol–water partition coefficient (Wildman–Crippen LogP) is 3.97. The maximum Gasteiger partial charge on any atom is 0.322 e. The quantitative estimate of drug-likeness (QED) is 0.713. The van der Waals surface area contributed by atoms with E-state index < -0.39 is 0 Å². The molecule has 0 bridgehead atoms. The van der Waals surface area contributed by atoms with Crippen molar-refractivity contribution < 1.29 is 14.1 Å². The van der Waals surface area contributed by atoms with Gasteiger partial charge < -0.3 is 14.6 Å². The average molecular weight is 390 g/mol. The van der Waals surface area contributed by atoms with Gasteiger partial charge in [-0.05, 0) is 42.2 Å². The highest BCUT2D eigenvalue weighted by atomic mass is 16.5. The number of nitrogens with one attached hydrogen (secondary N) is 1. The molecular formula is C22H22N4O3. The molecule has 3 aromatic rings. The number of methoxy groups -OCH3 is 1. The highest BCUT2D eigenvalue weighted by molar-refractivity contribution is 5.95. The summed E-state index contributed by atoms with van der Waals surface area (Å²) in [4.78, 5) is 19.5. The lowest BCUT2D eigenvalue weighted by atomic mass is 10.1. The molecule has 2 aliphatic rings. The molecule has 0 spiro atoms. The van der Waals surface area contributed by atoms with E-state index in [4.69, 9.17) is 9.26 Å². The highest BCUT2D eigenvalue weighted by Crippen LogP contribution is 2.42. The van der Waals surface area contributed by atoms with Crippen LogP contribution in [0.1, 0.15) is 47.6 Å². The normalized spacial score (nSPS) is 17.8. The SMILES string of the molecule is COc1cccc(CNC(=O)N2c3ccccc3CC2c2nc(C3CC3)no2)c1. The van der Waals surface area contributed by atoms with Crippen LogP contribution in [0.25, 0.3) is 0 Å². The fourth-order valence-electron chi connectivity index (χ4n) is 3.77. The second kappa shape index (κ2) is 7.24. The van der Waals surface area contributed by atoms with Crippen molar-refractivity contribution in [2.45, 2.75) is 37.8 Å². The molecule has 5 rings (SSSR count). The lowest BCUT2D eigenvalue weighted by molar-refractivity contribution is 0.242. The molecule has 0 radical (unpaired) electrons. The molecule has 0 saturated heterocycles. The van der Waals surface area contributed by atoms with Crippen LogP contribution < -0.4 is 15.0 Å². The van der Waals surface area contributed by atoms with Crippen molar-refractivity contribution in [3.8, 4) is 5.75 Å². The molecule has 2 heterocycles. The topological polar surface area (TPSA) is 80.5 Å². The van der Waals surface area contributed by atoms with E-state index >= 15 is 0 Å². The highest BCUT2D eigenvalue weighted by Gasteiger charge is 2.39. The Morgan fingerprint density at radius 1 is 1.24 bits per heavy atom. The zero-order chi connectivity index (χ0) is 19.8. The third-order valence-electron chi connectivity index (χ3n) is 5.46. The number of hydrogen-bond donors (Lipinski definition) is 1. The molecule has 1 aliphatic carbocycles. The maximum atomic E-state index is 13.2. The Labute approximate surface area is 168 Å². The fraction of sp³-hybridized carbons (Fsp3) is 0.318. The van der Waals surface area contributed by atoms with E-state index in [2.05, 4.69) is 15.5 Å². The van der Waals surface area contributed by atoms with Crippen LogP contribution in [0.4, 0.5) is 10.5 Å². The van der Waals surface area contributed by atoms with Gasteiger partial charge in [0.1, 0.15) is 11.8 Å². The zero-order valence-electron chi connectivity index (χ0n) is 16.2. The number of para-hydroxylation sites is 1. The fourth-order valence-corrected chi connectivity index (χ4v) is 3.77. The molecule has 148 valence electrons. The Morgan fingerprint density at radius 2 is 2.10 bits per heavy atom. The first-order valence-corrected chi connectivity index (χ1v) is 9.84. The number of anilines is 1. The van der Waals surface area contributed by atoms with Gasteiger partial charge in [-0.15, -0.1) is 0 Å². The molecule has 7 nitrogen and oxygen atoms in total. The molecule has 1 aromatic heterocycles. The zero-order valence-corrected chi connectivity index (χ0v) is 16.2. The van der Waals surface area contributed by atoms with E-state index in [9.17, 15) is 4.79 Å². The van der Waals surface area contributed by atoms with Crippen LogP contribution in [-0.4, -0.2) is 23.3 Å². The standard InChI is InChI=1S/C22H22N4O3/c1-28-17-7-4-5-14(11-17)13-23-22(27)26-18-8-3-2-6-16(18)12-19(26)21-24-20(25-29-21)15-9-10-15/h2-8,11,15,19H,9-10,12-13H2,1H3,(H,23,27). The summed E-state index contributed by atoms with van der Waals surface area (Å²) < 4.78 is 10.8. The van der Waals surface area contributed by atoms with Crippen LogP contribution in [-0.2, 0) is 13.0 Å². The van der Waals surface area contributed by atoms with E-state index in [0.717, 1.165) is 41.2 Å². The average Bonchev–Trinajstić information content (AvgIpc) is 3.35. The van der Waals surface area contributed by atoms with Crippen molar-refractivity contribution in [3.63, 3.8) is 0 Å². The minimum atomic E-state index is -0.294. The third-order valence-corrected chi connectivity index (χ3v) is 5.46. The lowest BCUT2D eigenvalue weighted by Crippen LogP contribution is -2.40. The Hall–Kier alpha value is -3.35. The van der Waals surface area contributed by atoms with Gasteiger partial charge in [0.2, 0.25) is 5.89 Å². The van der Waals surface area contributed by atoms with Crippen molar-refractivity contribution in [1.29, 1.82) is 0 Å². The summed E-state index contributed by atoms with van der Waals surface area (Å²) in [6.45, 7) is 0.401. The second-order valence-electron chi connectivity index (χ2n) is 7.49. The number of nitrogens with zero attached hydrogens (tertiary/aromatic N) is 3. The van der Waals surface area contributed by atoms with E-state index in [-0.39, 0.29) is 12.1 Å². The minimum absolute atomic E-state index is 0.186. The van der Waals surface area contributed by atoms with Gasteiger partial charge in [-0.3, -0.25) is 4.90 Å². The monoisotopic (exact) mass is 390 g/mol. The van der Waals surface area contributed by atoms with Gasteiger partial charge in [0.25, 0.3) is 0 Å². The van der Waals surface area contributed by atoms with E-state index in [1.54, 1.807) is 12.0 Å². The number of carbonyl (C=O) groups excluding carboxylic acids is 1. The molecule has 1 aliphatic heterocycles. The van der Waals surface area contributed by atoms with Crippen LogP contribution in [0.2, 0.25) is 0 Å². The number of carbonyl (C=O) groups is 1. The van der Waals surface area contributed by atoms with Crippen molar-refractivity contribution in [3.05, 3.63) is 71.4 Å². The molecule has 1 saturated carbocycles. The number of fused-ring (bicyclic) bond motifs is 1. The van der Waals surface area contributed by atoms with Gasteiger partial charge in [0, 0.05) is 24.6 Å². The van der Waals surface area contributed by atoms with E-state index in [1.165, 1.54) is 0 Å². The number of urea groups is 1. The molecule has 1 atom stereocenters. The van der Waals surface area contributed by atoms with E-state index in [1.807, 2.05) is 48.5 Å². The van der Waals surface area contributed by atoms with Gasteiger partial charge in [0.15, 0.2) is 5.82 Å². The van der Waals surface area contributed by atoms with Crippen LogP contribution in [0, 0.1) is 0 Å². The Kier molecular flexibility index (Phi) is 4.42. The summed E-state index contributed by atoms with van der Waals surface area (Å²) in [7, 11) is 1.63. The van der Waals surface area contributed by atoms with Gasteiger partial charge >= 0.3 is 6.03 Å². The molecular weight excluding hydrogens is 368 g/mol. The van der Waals surface area contributed by atoms with Gasteiger partial charge in [-0.1, -0.05) is 35.5 Å². The van der Waals surface area contributed by atoms with Gasteiger partial charge in [-0.25, -0.2) is 4.79 Å². The summed E-state index contributed by atoms with van der Waals surface area (Å²) in [5.74, 6) is 2.43. The summed E-state index contributed by atoms with van der Waals surface area (Å²) >= 11 is 0. The summed E-state index contributed by atoms with van der Waals surface area (Å²) in [6, 6.07) is 15.1. The number of rotatable bonds is 5. The second-order valence-corrected chi connectivity index (χ2v) is 7.49. The summed E-state index contributed by atoms with van der Waals surface area (Å²) in [6.07, 6.45) is 2.87. The molecule has 1 N–H and O–H groups in total. The Balaban J connectivity index is 1.38. The lowest BCUT2D eigenvalue weighted by Gasteiger charge is -2.23. The number of aromatic nitrogens is 2. The summed E-state index contributed by atoms with van der Waals surface area (Å²) in [5, 5.41) is 7.15. The first-order chi connectivity index (χ1) is 14.2. The maximum absolute atomic E-state index is 13.2. The smallest absolute Gasteiger partial charge is 0.322 e. The van der Waals surface area contributed by atoms with Crippen LogP contribution >= 0.6 is 0 Å². The van der Waals surface area contributed by atoms with Crippen molar-refractivity contribution >= 4 is 11.7 Å². The van der Waals surface area contributed by atoms with E-state index in [0.29, 0.717) is 24.8 Å². The minimum Gasteiger partial charge on any atom is -0.497 e. The Bertz CT molecular complexity index is 1040. The number of ether oxygens (including phenoxy) is 1. The summed E-state index contributed by atoms with van der Waals surface area (Å²) in [5.41, 5.74) is 2.95. The van der Waals surface area contributed by atoms with Crippen LogP contribution in [0.5, 0.6) is 5.75 Å². The predicted molar refractivity (Wildman–Crippen MR) is 107 cm³/mol. The van der Waals surface area contributed by atoms with Crippen LogP contribution in [0.15, 0.2) is 53.1 Å². The van der Waals surface area contributed by atoms with Crippen molar-refractivity contribution in [2.75, 3.05) is 12.0 Å². The van der Waals surface area contributed by atoms with Gasteiger partial charge in [-0.2, -0.15) is 4.98 Å². The number of hydrogen-bond acceptors (Lipinski definition) is 5. The Morgan fingerprint density at radius 3 is 2.93 bits per heavy atom. The third kappa shape index (κ3) is 3.44. The van der Waals surface area contributed by atoms with Crippen molar-refractivity contribution in [1.82, 2.24) is 15.5 Å². The molecule has 7 heteroatoms. The molecule has 29 heavy (non-hydrogen) atoms. The largest absolute Gasteiger partial charge is 0.497 e. The molecule has 1 fully saturated rings. The van der Waals surface area contributed by atoms with Gasteiger partial charge in [0.05, 0.1) is 7.11 Å². The number of benzene rings is 2.